The lowest BCUT2D eigenvalue weighted by molar-refractivity contribution is 0.0317. The summed E-state index contributed by atoms with van der Waals surface area (Å²) in [5.41, 5.74) is 0.473. The van der Waals surface area contributed by atoms with Gasteiger partial charge in [0.05, 0.1) is 19.5 Å². The van der Waals surface area contributed by atoms with E-state index in [1.807, 2.05) is 7.05 Å². The topological polar surface area (TPSA) is 59.4 Å². The molecule has 1 unspecified atom stereocenters. The lowest BCUT2D eigenvalue weighted by Gasteiger charge is -2.29. The Balaban J connectivity index is 1.70. The smallest absolute Gasteiger partial charge is 0.271 e. The average Bonchev–Trinajstić information content (AvgIpc) is 2.84. The minimum Gasteiger partial charge on any atom is -0.379 e. The van der Waals surface area contributed by atoms with Gasteiger partial charge in [-0.15, -0.1) is 0 Å². The number of amides is 1. The Bertz CT molecular complexity index is 413. The van der Waals surface area contributed by atoms with Crippen molar-refractivity contribution in [3.8, 4) is 0 Å². The summed E-state index contributed by atoms with van der Waals surface area (Å²) in [6, 6.07) is 0. The van der Waals surface area contributed by atoms with E-state index >= 15 is 0 Å². The molecule has 1 aromatic heterocycles. The number of aromatic nitrogens is 2. The van der Waals surface area contributed by atoms with Crippen LogP contribution in [0.5, 0.6) is 0 Å². The molecule has 1 atom stereocenters. The summed E-state index contributed by atoms with van der Waals surface area (Å²) in [5, 5.41) is 2.93. The van der Waals surface area contributed by atoms with Crippen molar-refractivity contribution in [2.75, 3.05) is 39.4 Å². The van der Waals surface area contributed by atoms with Crippen molar-refractivity contribution >= 4 is 5.91 Å². The molecular weight excluding hydrogens is 244 g/mol. The van der Waals surface area contributed by atoms with E-state index in [4.69, 9.17) is 4.74 Å². The Labute approximate surface area is 113 Å². The molecule has 0 spiro atoms. The molecule has 1 N–H and O–H groups in total. The highest BCUT2D eigenvalue weighted by Gasteiger charge is 2.15. The van der Waals surface area contributed by atoms with Gasteiger partial charge in [0, 0.05) is 39.4 Å². The number of carbonyl (C=O) groups excluding carboxylic acids is 1. The van der Waals surface area contributed by atoms with Gasteiger partial charge < -0.3 is 14.6 Å². The molecule has 0 bridgehead atoms. The number of hydrogen-bond acceptors (Lipinski definition) is 4. The van der Waals surface area contributed by atoms with Crippen LogP contribution in [0.15, 0.2) is 12.5 Å². The Morgan fingerprint density at radius 3 is 2.89 bits per heavy atom. The van der Waals surface area contributed by atoms with Crippen molar-refractivity contribution in [1.82, 2.24) is 19.8 Å². The highest BCUT2D eigenvalue weighted by molar-refractivity contribution is 5.91. The second kappa shape index (κ2) is 6.68. The highest BCUT2D eigenvalue weighted by Crippen LogP contribution is 2.03. The number of ether oxygens (including phenoxy) is 1. The van der Waals surface area contributed by atoms with Gasteiger partial charge in [-0.1, -0.05) is 6.92 Å². The minimum absolute atomic E-state index is 0.102. The standard InChI is InChI=1S/C13H22N4O2/c1-11(8-17-3-5-19-6-4-17)7-14-13(18)12-9-16(2)10-15-12/h9-11H,3-8H2,1-2H3,(H,14,18). The first-order valence-electron chi connectivity index (χ1n) is 6.71. The SMILES string of the molecule is CC(CNC(=O)c1cn(C)cn1)CN1CCOCC1. The number of morpholine rings is 1. The van der Waals surface area contributed by atoms with E-state index in [1.165, 1.54) is 0 Å². The van der Waals surface area contributed by atoms with Crippen LogP contribution in [0.2, 0.25) is 0 Å². The molecule has 2 heterocycles. The third kappa shape index (κ3) is 4.33. The molecule has 106 valence electrons. The maximum atomic E-state index is 11.8. The van der Waals surface area contributed by atoms with E-state index in [9.17, 15) is 4.79 Å². The quantitative estimate of drug-likeness (QED) is 0.822. The first kappa shape index (κ1) is 14.0. The zero-order chi connectivity index (χ0) is 13.7. The molecule has 19 heavy (non-hydrogen) atoms. The number of rotatable bonds is 5. The van der Waals surface area contributed by atoms with Gasteiger partial charge in [-0.05, 0) is 5.92 Å². The summed E-state index contributed by atoms with van der Waals surface area (Å²) in [6.07, 6.45) is 3.36. The summed E-state index contributed by atoms with van der Waals surface area (Å²) in [6.45, 7) is 7.41. The maximum Gasteiger partial charge on any atom is 0.271 e. The fourth-order valence-corrected chi connectivity index (χ4v) is 2.18. The summed E-state index contributed by atoms with van der Waals surface area (Å²) >= 11 is 0. The van der Waals surface area contributed by atoms with E-state index in [2.05, 4.69) is 22.1 Å². The van der Waals surface area contributed by atoms with Crippen LogP contribution in [0.1, 0.15) is 17.4 Å². The van der Waals surface area contributed by atoms with Crippen molar-refractivity contribution in [2.24, 2.45) is 13.0 Å². The van der Waals surface area contributed by atoms with Crippen LogP contribution in [-0.4, -0.2) is 59.8 Å². The van der Waals surface area contributed by atoms with E-state index in [0.29, 0.717) is 18.2 Å². The molecule has 1 amide bonds. The second-order valence-corrected chi connectivity index (χ2v) is 5.15. The van der Waals surface area contributed by atoms with Gasteiger partial charge >= 0.3 is 0 Å². The van der Waals surface area contributed by atoms with Gasteiger partial charge in [-0.25, -0.2) is 4.98 Å². The Kier molecular flexibility index (Phi) is 4.93. The first-order valence-corrected chi connectivity index (χ1v) is 6.71. The van der Waals surface area contributed by atoms with Crippen molar-refractivity contribution in [3.63, 3.8) is 0 Å². The van der Waals surface area contributed by atoms with Crippen molar-refractivity contribution in [2.45, 2.75) is 6.92 Å². The highest BCUT2D eigenvalue weighted by atomic mass is 16.5. The number of imidazole rings is 1. The Morgan fingerprint density at radius 1 is 1.53 bits per heavy atom. The molecule has 6 nitrogen and oxygen atoms in total. The minimum atomic E-state index is -0.102. The molecule has 1 aromatic rings. The molecule has 1 fully saturated rings. The fraction of sp³-hybridized carbons (Fsp3) is 0.692. The predicted octanol–water partition coefficient (Wildman–Crippen LogP) is 0.118. The molecule has 0 saturated carbocycles. The van der Waals surface area contributed by atoms with Gasteiger partial charge in [-0.2, -0.15) is 0 Å². The van der Waals surface area contributed by atoms with E-state index < -0.39 is 0 Å². The van der Waals surface area contributed by atoms with Crippen molar-refractivity contribution in [3.05, 3.63) is 18.2 Å². The van der Waals surface area contributed by atoms with Crippen LogP contribution in [0.3, 0.4) is 0 Å². The first-order chi connectivity index (χ1) is 9.15. The van der Waals surface area contributed by atoms with Gasteiger partial charge in [-0.3, -0.25) is 9.69 Å². The van der Waals surface area contributed by atoms with Gasteiger partial charge in [0.1, 0.15) is 5.69 Å². The molecule has 6 heteroatoms. The molecular formula is C13H22N4O2. The van der Waals surface area contributed by atoms with Crippen molar-refractivity contribution < 1.29 is 9.53 Å². The monoisotopic (exact) mass is 266 g/mol. The van der Waals surface area contributed by atoms with Crippen LogP contribution >= 0.6 is 0 Å². The predicted molar refractivity (Wildman–Crippen MR) is 72.0 cm³/mol. The van der Waals surface area contributed by atoms with Crippen LogP contribution in [0.4, 0.5) is 0 Å². The number of aryl methyl sites for hydroxylation is 1. The second-order valence-electron chi connectivity index (χ2n) is 5.15. The summed E-state index contributed by atoms with van der Waals surface area (Å²) in [5.74, 6) is 0.320. The largest absolute Gasteiger partial charge is 0.379 e. The summed E-state index contributed by atoms with van der Waals surface area (Å²) in [4.78, 5) is 18.2. The molecule has 0 radical (unpaired) electrons. The van der Waals surface area contributed by atoms with Crippen LogP contribution < -0.4 is 5.32 Å². The lowest BCUT2D eigenvalue weighted by Crippen LogP contribution is -2.41. The average molecular weight is 266 g/mol. The van der Waals surface area contributed by atoms with Crippen LogP contribution in [0.25, 0.3) is 0 Å². The lowest BCUT2D eigenvalue weighted by atomic mass is 10.1. The zero-order valence-corrected chi connectivity index (χ0v) is 11.6. The van der Waals surface area contributed by atoms with Crippen LogP contribution in [-0.2, 0) is 11.8 Å². The zero-order valence-electron chi connectivity index (χ0n) is 11.6. The molecule has 1 aliphatic heterocycles. The number of carbonyl (C=O) groups is 1. The van der Waals surface area contributed by atoms with Crippen LogP contribution in [0, 0.1) is 5.92 Å². The van der Waals surface area contributed by atoms with Crippen molar-refractivity contribution in [1.29, 1.82) is 0 Å². The third-order valence-corrected chi connectivity index (χ3v) is 3.22. The van der Waals surface area contributed by atoms with E-state index in [0.717, 1.165) is 32.8 Å². The van der Waals surface area contributed by atoms with Gasteiger partial charge in [0.15, 0.2) is 0 Å². The number of hydrogen-bond donors (Lipinski definition) is 1. The molecule has 0 aliphatic carbocycles. The van der Waals surface area contributed by atoms with Gasteiger partial charge in [0.2, 0.25) is 0 Å². The summed E-state index contributed by atoms with van der Waals surface area (Å²) < 4.78 is 7.09. The van der Waals surface area contributed by atoms with E-state index in [-0.39, 0.29) is 5.91 Å². The molecule has 2 rings (SSSR count). The fourth-order valence-electron chi connectivity index (χ4n) is 2.18. The third-order valence-electron chi connectivity index (χ3n) is 3.22. The Hall–Kier alpha value is -1.40. The normalized spacial score (nSPS) is 18.2. The molecule has 1 saturated heterocycles. The molecule has 0 aromatic carbocycles. The van der Waals surface area contributed by atoms with Gasteiger partial charge in [0.25, 0.3) is 5.91 Å². The molecule has 1 aliphatic rings. The van der Waals surface area contributed by atoms with E-state index in [1.54, 1.807) is 17.1 Å². The maximum absolute atomic E-state index is 11.8. The summed E-state index contributed by atoms with van der Waals surface area (Å²) in [7, 11) is 1.85. The number of nitrogens with one attached hydrogen (secondary N) is 1. The number of nitrogens with zero attached hydrogens (tertiary/aromatic N) is 3. The Morgan fingerprint density at radius 2 is 2.26 bits per heavy atom.